The van der Waals surface area contributed by atoms with Crippen LogP contribution in [-0.2, 0) is 10.1 Å². The predicted molar refractivity (Wildman–Crippen MR) is 51.7 cm³/mol. The monoisotopic (exact) mass is 245 g/mol. The standard InChI is InChI=1S/C8H7NO6S/c9-7(10)6-4(8(11)12)2-1-3-5(6)16(13,14)15/h1-3H,(H2,9,10)(H,11,12)(H,13,14,15). The second kappa shape index (κ2) is 3.91. The molecular formula is C8H7NO6S. The van der Waals surface area contributed by atoms with Crippen molar-refractivity contribution >= 4 is 22.0 Å². The van der Waals surface area contributed by atoms with Crippen LogP contribution in [0.25, 0.3) is 0 Å². The van der Waals surface area contributed by atoms with E-state index in [9.17, 15) is 18.0 Å². The van der Waals surface area contributed by atoms with Crippen molar-refractivity contribution in [2.75, 3.05) is 0 Å². The van der Waals surface area contributed by atoms with E-state index < -0.39 is 38.0 Å². The number of carboxylic acids is 1. The van der Waals surface area contributed by atoms with Crippen LogP contribution in [0, 0.1) is 0 Å². The lowest BCUT2D eigenvalue weighted by Crippen LogP contribution is -2.20. The summed E-state index contributed by atoms with van der Waals surface area (Å²) in [5, 5.41) is 8.72. The maximum atomic E-state index is 11.0. The molecule has 86 valence electrons. The summed E-state index contributed by atoms with van der Waals surface area (Å²) in [5.41, 5.74) is 3.55. The zero-order chi connectivity index (χ0) is 12.5. The first-order valence-corrected chi connectivity index (χ1v) is 5.32. The van der Waals surface area contributed by atoms with E-state index >= 15 is 0 Å². The van der Waals surface area contributed by atoms with Gasteiger partial charge in [0.15, 0.2) is 0 Å². The quantitative estimate of drug-likeness (QED) is 0.627. The van der Waals surface area contributed by atoms with E-state index in [1.165, 1.54) is 0 Å². The summed E-state index contributed by atoms with van der Waals surface area (Å²) in [6, 6.07) is 2.98. The largest absolute Gasteiger partial charge is 0.478 e. The zero-order valence-electron chi connectivity index (χ0n) is 7.75. The van der Waals surface area contributed by atoms with Crippen LogP contribution in [0.1, 0.15) is 20.7 Å². The molecule has 0 saturated heterocycles. The number of aromatic carboxylic acids is 1. The minimum Gasteiger partial charge on any atom is -0.478 e. The van der Waals surface area contributed by atoms with E-state index in [1.54, 1.807) is 0 Å². The summed E-state index contributed by atoms with van der Waals surface area (Å²) < 4.78 is 30.6. The van der Waals surface area contributed by atoms with Crippen LogP contribution in [0.15, 0.2) is 23.1 Å². The summed E-state index contributed by atoms with van der Waals surface area (Å²) in [6.45, 7) is 0. The highest BCUT2D eigenvalue weighted by atomic mass is 32.2. The van der Waals surface area contributed by atoms with Crippen LogP contribution in [0.3, 0.4) is 0 Å². The third kappa shape index (κ3) is 2.18. The highest BCUT2D eigenvalue weighted by Gasteiger charge is 2.24. The lowest BCUT2D eigenvalue weighted by Gasteiger charge is -2.06. The molecule has 0 aromatic heterocycles. The number of rotatable bonds is 3. The molecule has 16 heavy (non-hydrogen) atoms. The minimum absolute atomic E-state index is 0.581. The average molecular weight is 245 g/mol. The van der Waals surface area contributed by atoms with Gasteiger partial charge in [0.05, 0.1) is 11.1 Å². The molecule has 0 spiro atoms. The maximum absolute atomic E-state index is 11.0. The van der Waals surface area contributed by atoms with Crippen LogP contribution < -0.4 is 5.73 Å². The fourth-order valence-electron chi connectivity index (χ4n) is 1.18. The fraction of sp³-hybridized carbons (Fsp3) is 0. The van der Waals surface area contributed by atoms with Crippen molar-refractivity contribution in [3.8, 4) is 0 Å². The smallest absolute Gasteiger partial charge is 0.336 e. The first-order valence-electron chi connectivity index (χ1n) is 3.88. The fourth-order valence-corrected chi connectivity index (χ4v) is 1.90. The van der Waals surface area contributed by atoms with Gasteiger partial charge in [0.25, 0.3) is 16.0 Å². The highest BCUT2D eigenvalue weighted by molar-refractivity contribution is 7.86. The van der Waals surface area contributed by atoms with Crippen molar-refractivity contribution in [1.29, 1.82) is 0 Å². The molecular weight excluding hydrogens is 238 g/mol. The van der Waals surface area contributed by atoms with E-state index in [4.69, 9.17) is 15.4 Å². The molecule has 0 heterocycles. The second-order valence-electron chi connectivity index (χ2n) is 2.82. The second-order valence-corrected chi connectivity index (χ2v) is 4.21. The van der Waals surface area contributed by atoms with E-state index in [0.717, 1.165) is 18.2 Å². The van der Waals surface area contributed by atoms with Crippen LogP contribution in [0.5, 0.6) is 0 Å². The Bertz CT molecular complexity index is 562. The van der Waals surface area contributed by atoms with Crippen molar-refractivity contribution in [3.63, 3.8) is 0 Å². The number of carbonyl (C=O) groups excluding carboxylic acids is 1. The van der Waals surface area contributed by atoms with Gasteiger partial charge in [-0.05, 0) is 12.1 Å². The molecule has 8 heteroatoms. The normalized spacial score (nSPS) is 11.1. The molecule has 0 radical (unpaired) electrons. The summed E-state index contributed by atoms with van der Waals surface area (Å²) in [4.78, 5) is 20.9. The van der Waals surface area contributed by atoms with E-state index in [2.05, 4.69) is 0 Å². The number of carboxylic acid groups (broad SMARTS) is 1. The zero-order valence-corrected chi connectivity index (χ0v) is 8.56. The Morgan fingerprint density at radius 2 is 1.81 bits per heavy atom. The Morgan fingerprint density at radius 3 is 2.19 bits per heavy atom. The number of benzene rings is 1. The molecule has 1 rings (SSSR count). The van der Waals surface area contributed by atoms with Gasteiger partial charge >= 0.3 is 5.97 Å². The maximum Gasteiger partial charge on any atom is 0.336 e. The molecule has 0 atom stereocenters. The number of nitrogens with two attached hydrogens (primary N) is 1. The van der Waals surface area contributed by atoms with Crippen LogP contribution in [0.2, 0.25) is 0 Å². The molecule has 0 aliphatic carbocycles. The summed E-state index contributed by atoms with van der Waals surface area (Å²) in [5.74, 6) is -2.76. The van der Waals surface area contributed by atoms with E-state index in [1.807, 2.05) is 0 Å². The van der Waals surface area contributed by atoms with Gasteiger partial charge in [0.1, 0.15) is 4.90 Å². The first-order chi connectivity index (χ1) is 7.25. The van der Waals surface area contributed by atoms with Gasteiger partial charge in [0.2, 0.25) is 0 Å². The summed E-state index contributed by atoms with van der Waals surface area (Å²) in [7, 11) is -4.70. The van der Waals surface area contributed by atoms with Crippen LogP contribution in [-0.4, -0.2) is 30.0 Å². The minimum atomic E-state index is -4.70. The Kier molecular flexibility index (Phi) is 2.97. The number of hydrogen-bond donors (Lipinski definition) is 3. The first kappa shape index (κ1) is 12.1. The summed E-state index contributed by atoms with van der Waals surface area (Å²) in [6.07, 6.45) is 0. The number of carbonyl (C=O) groups is 2. The van der Waals surface area contributed by atoms with Crippen LogP contribution >= 0.6 is 0 Å². The third-order valence-electron chi connectivity index (χ3n) is 1.78. The SMILES string of the molecule is NC(=O)c1c(C(=O)O)cccc1S(=O)(=O)O. The van der Waals surface area contributed by atoms with Gasteiger partial charge in [0, 0.05) is 0 Å². The number of hydrogen-bond acceptors (Lipinski definition) is 4. The molecule has 4 N–H and O–H groups in total. The Hall–Kier alpha value is -1.93. The van der Waals surface area contributed by atoms with Crippen LogP contribution in [0.4, 0.5) is 0 Å². The van der Waals surface area contributed by atoms with Crippen molar-refractivity contribution in [2.24, 2.45) is 5.73 Å². The Labute approximate surface area is 90.2 Å². The van der Waals surface area contributed by atoms with Gasteiger partial charge in [-0.1, -0.05) is 6.07 Å². The predicted octanol–water partition coefficient (Wildman–Crippen LogP) is -0.270. The number of primary amides is 1. The van der Waals surface area contributed by atoms with Gasteiger partial charge in [-0.25, -0.2) is 4.79 Å². The van der Waals surface area contributed by atoms with Gasteiger partial charge in [-0.3, -0.25) is 9.35 Å². The van der Waals surface area contributed by atoms with Gasteiger partial charge < -0.3 is 10.8 Å². The molecule has 0 unspecified atom stereocenters. The van der Waals surface area contributed by atoms with Crippen molar-refractivity contribution < 1.29 is 27.7 Å². The Balaban J connectivity index is 3.72. The Morgan fingerprint density at radius 1 is 1.25 bits per heavy atom. The molecule has 0 bridgehead atoms. The molecule has 0 aliphatic heterocycles. The van der Waals surface area contributed by atoms with Gasteiger partial charge in [-0.2, -0.15) is 8.42 Å². The number of amides is 1. The molecule has 7 nitrogen and oxygen atoms in total. The van der Waals surface area contributed by atoms with E-state index in [-0.39, 0.29) is 0 Å². The van der Waals surface area contributed by atoms with Crippen molar-refractivity contribution in [3.05, 3.63) is 29.3 Å². The molecule has 0 aliphatic rings. The average Bonchev–Trinajstić information content (AvgIpc) is 2.14. The molecule has 0 saturated carbocycles. The molecule has 1 aromatic rings. The lowest BCUT2D eigenvalue weighted by molar-refractivity contribution is 0.0691. The molecule has 1 amide bonds. The molecule has 1 aromatic carbocycles. The van der Waals surface area contributed by atoms with Gasteiger partial charge in [-0.15, -0.1) is 0 Å². The lowest BCUT2D eigenvalue weighted by atomic mass is 10.1. The third-order valence-corrected chi connectivity index (χ3v) is 2.68. The topological polar surface area (TPSA) is 135 Å². The molecule has 0 fully saturated rings. The highest BCUT2D eigenvalue weighted by Crippen LogP contribution is 2.19. The van der Waals surface area contributed by atoms with Crippen molar-refractivity contribution in [2.45, 2.75) is 4.90 Å². The summed E-state index contributed by atoms with van der Waals surface area (Å²) >= 11 is 0. The van der Waals surface area contributed by atoms with E-state index in [0.29, 0.717) is 0 Å². The van der Waals surface area contributed by atoms with Crippen molar-refractivity contribution in [1.82, 2.24) is 0 Å².